The number of imidazole rings is 1. The van der Waals surface area contributed by atoms with Crippen molar-refractivity contribution >= 4 is 22.9 Å². The van der Waals surface area contributed by atoms with Crippen LogP contribution in [0.25, 0.3) is 11.2 Å². The van der Waals surface area contributed by atoms with Gasteiger partial charge in [-0.05, 0) is 19.8 Å². The number of aromatic amines is 1. The molecule has 0 aliphatic rings. The molecule has 19 heavy (non-hydrogen) atoms. The molecule has 2 N–H and O–H groups in total. The summed E-state index contributed by atoms with van der Waals surface area (Å²) in [6.45, 7) is 7.22. The Kier molecular flexibility index (Phi) is 4.19. The molecule has 6 nitrogen and oxygen atoms in total. The molecule has 0 spiro atoms. The Bertz CT molecular complexity index is 531. The van der Waals surface area contributed by atoms with Crippen molar-refractivity contribution in [3.63, 3.8) is 0 Å². The molecule has 0 aliphatic heterocycles. The number of fused-ring (bicyclic) bond motifs is 1. The van der Waals surface area contributed by atoms with Gasteiger partial charge in [0.25, 0.3) is 0 Å². The van der Waals surface area contributed by atoms with Gasteiger partial charge in [-0.15, -0.1) is 0 Å². The van der Waals surface area contributed by atoms with Crippen molar-refractivity contribution in [2.24, 2.45) is 0 Å². The minimum absolute atomic E-state index is 0.468. The molecule has 0 saturated carbocycles. The first-order chi connectivity index (χ1) is 9.21. The largest absolute Gasteiger partial charge is 0.355 e. The van der Waals surface area contributed by atoms with Crippen molar-refractivity contribution in [1.82, 2.24) is 19.9 Å². The van der Waals surface area contributed by atoms with Crippen molar-refractivity contribution < 1.29 is 0 Å². The van der Waals surface area contributed by atoms with Crippen molar-refractivity contribution in [2.75, 3.05) is 23.8 Å². The van der Waals surface area contributed by atoms with Gasteiger partial charge >= 0.3 is 0 Å². The molecule has 0 amide bonds. The molecule has 104 valence electrons. The Balaban J connectivity index is 2.47. The van der Waals surface area contributed by atoms with Crippen molar-refractivity contribution in [1.29, 1.82) is 0 Å². The van der Waals surface area contributed by atoms with Gasteiger partial charge in [0.2, 0.25) is 5.95 Å². The molecular formula is C13H22N6. The molecule has 0 saturated heterocycles. The first-order valence-corrected chi connectivity index (χ1v) is 6.89. The van der Waals surface area contributed by atoms with Crippen molar-refractivity contribution in [2.45, 2.75) is 39.7 Å². The minimum Gasteiger partial charge on any atom is -0.355 e. The van der Waals surface area contributed by atoms with Crippen LogP contribution in [0.1, 0.15) is 33.6 Å². The fraction of sp³-hybridized carbons (Fsp3) is 0.615. The summed E-state index contributed by atoms with van der Waals surface area (Å²) in [5, 5.41) is 3.16. The monoisotopic (exact) mass is 262 g/mol. The highest BCUT2D eigenvalue weighted by atomic mass is 15.2. The Hall–Kier alpha value is -1.85. The van der Waals surface area contributed by atoms with Gasteiger partial charge < -0.3 is 15.2 Å². The van der Waals surface area contributed by atoms with Gasteiger partial charge in [-0.3, -0.25) is 0 Å². The smallest absolute Gasteiger partial charge is 0.226 e. The maximum Gasteiger partial charge on any atom is 0.226 e. The third kappa shape index (κ3) is 2.62. The van der Waals surface area contributed by atoms with Gasteiger partial charge in [-0.25, -0.2) is 4.98 Å². The third-order valence-corrected chi connectivity index (χ3v) is 3.43. The topological polar surface area (TPSA) is 69.7 Å². The van der Waals surface area contributed by atoms with Gasteiger partial charge in [0.05, 0.1) is 6.33 Å². The zero-order valence-electron chi connectivity index (χ0n) is 12.1. The van der Waals surface area contributed by atoms with Crippen LogP contribution in [-0.4, -0.2) is 39.6 Å². The summed E-state index contributed by atoms with van der Waals surface area (Å²) in [5.74, 6) is 1.54. The molecule has 0 atom stereocenters. The van der Waals surface area contributed by atoms with E-state index >= 15 is 0 Å². The summed E-state index contributed by atoms with van der Waals surface area (Å²) < 4.78 is 0. The first kappa shape index (κ1) is 13.6. The van der Waals surface area contributed by atoms with E-state index in [1.54, 1.807) is 6.33 Å². The van der Waals surface area contributed by atoms with E-state index in [2.05, 4.69) is 51.0 Å². The molecule has 2 heterocycles. The Labute approximate surface area is 113 Å². The Morgan fingerprint density at radius 2 is 2.00 bits per heavy atom. The van der Waals surface area contributed by atoms with Crippen molar-refractivity contribution in [3.8, 4) is 0 Å². The highest BCUT2D eigenvalue weighted by molar-refractivity contribution is 5.84. The SMILES string of the molecule is CCNc1nc(N(C)C(CC)CC)c2[nH]cnc2n1. The summed E-state index contributed by atoms with van der Waals surface area (Å²) in [5.41, 5.74) is 1.61. The predicted octanol–water partition coefficient (Wildman–Crippen LogP) is 2.41. The quantitative estimate of drug-likeness (QED) is 0.836. The average Bonchev–Trinajstić information content (AvgIpc) is 2.87. The van der Waals surface area contributed by atoms with Crippen LogP contribution in [0, 0.1) is 0 Å². The van der Waals surface area contributed by atoms with E-state index in [9.17, 15) is 0 Å². The maximum atomic E-state index is 4.61. The second-order valence-electron chi connectivity index (χ2n) is 4.58. The summed E-state index contributed by atoms with van der Waals surface area (Å²) in [7, 11) is 2.08. The van der Waals surface area contributed by atoms with Gasteiger partial charge in [-0.2, -0.15) is 9.97 Å². The Morgan fingerprint density at radius 1 is 1.26 bits per heavy atom. The first-order valence-electron chi connectivity index (χ1n) is 6.89. The zero-order chi connectivity index (χ0) is 13.8. The molecule has 2 aromatic heterocycles. The number of nitrogens with zero attached hydrogens (tertiary/aromatic N) is 4. The molecule has 0 bridgehead atoms. The summed E-state index contributed by atoms with van der Waals surface area (Å²) in [4.78, 5) is 18.6. The van der Waals surface area contributed by atoms with Crippen LogP contribution in [0.4, 0.5) is 11.8 Å². The maximum absolute atomic E-state index is 4.61. The van der Waals surface area contributed by atoms with Crippen LogP contribution in [0.15, 0.2) is 6.33 Å². The van der Waals surface area contributed by atoms with Crippen LogP contribution in [0.3, 0.4) is 0 Å². The normalized spacial score (nSPS) is 11.2. The highest BCUT2D eigenvalue weighted by Crippen LogP contribution is 2.24. The number of hydrogen-bond acceptors (Lipinski definition) is 5. The van der Waals surface area contributed by atoms with Crippen LogP contribution in [-0.2, 0) is 0 Å². The van der Waals surface area contributed by atoms with Crippen LogP contribution < -0.4 is 10.2 Å². The molecule has 0 aliphatic carbocycles. The van der Waals surface area contributed by atoms with Gasteiger partial charge in [0.15, 0.2) is 11.5 Å². The lowest BCUT2D eigenvalue weighted by Gasteiger charge is -2.27. The fourth-order valence-electron chi connectivity index (χ4n) is 2.32. The van der Waals surface area contributed by atoms with Gasteiger partial charge in [0.1, 0.15) is 5.52 Å². The lowest BCUT2D eigenvalue weighted by atomic mass is 10.1. The average molecular weight is 262 g/mol. The van der Waals surface area contributed by atoms with E-state index in [4.69, 9.17) is 0 Å². The molecule has 6 heteroatoms. The number of hydrogen-bond donors (Lipinski definition) is 2. The van der Waals surface area contributed by atoms with E-state index in [0.717, 1.165) is 30.7 Å². The lowest BCUT2D eigenvalue weighted by molar-refractivity contribution is 0.588. The third-order valence-electron chi connectivity index (χ3n) is 3.43. The molecule has 2 rings (SSSR count). The van der Waals surface area contributed by atoms with Crippen LogP contribution in [0.2, 0.25) is 0 Å². The number of H-pyrrole nitrogens is 1. The second kappa shape index (κ2) is 5.86. The second-order valence-corrected chi connectivity index (χ2v) is 4.58. The van der Waals surface area contributed by atoms with Crippen LogP contribution in [0.5, 0.6) is 0 Å². The summed E-state index contributed by atoms with van der Waals surface area (Å²) in [6, 6.07) is 0.468. The Morgan fingerprint density at radius 3 is 2.63 bits per heavy atom. The van der Waals surface area contributed by atoms with Gasteiger partial charge in [0, 0.05) is 19.6 Å². The van der Waals surface area contributed by atoms with E-state index in [1.807, 2.05) is 6.92 Å². The number of aromatic nitrogens is 4. The molecule has 0 unspecified atom stereocenters. The summed E-state index contributed by atoms with van der Waals surface area (Å²) >= 11 is 0. The lowest BCUT2D eigenvalue weighted by Crippen LogP contribution is -2.31. The van der Waals surface area contributed by atoms with Crippen LogP contribution >= 0.6 is 0 Å². The number of nitrogens with one attached hydrogen (secondary N) is 2. The molecular weight excluding hydrogens is 240 g/mol. The van der Waals surface area contributed by atoms with E-state index in [1.165, 1.54) is 0 Å². The zero-order valence-corrected chi connectivity index (χ0v) is 12.1. The van der Waals surface area contributed by atoms with E-state index in [0.29, 0.717) is 17.6 Å². The fourth-order valence-corrected chi connectivity index (χ4v) is 2.32. The number of anilines is 2. The minimum atomic E-state index is 0.468. The standard InChI is InChI=1S/C13H22N6/c1-5-9(6-2)19(4)12-10-11(16-8-15-10)17-13(18-12)14-7-3/h8-9H,5-7H2,1-4H3,(H2,14,15,16,17,18). The molecule has 0 aromatic carbocycles. The van der Waals surface area contributed by atoms with E-state index < -0.39 is 0 Å². The van der Waals surface area contributed by atoms with E-state index in [-0.39, 0.29) is 0 Å². The molecule has 0 fully saturated rings. The van der Waals surface area contributed by atoms with Crippen molar-refractivity contribution in [3.05, 3.63) is 6.33 Å². The highest BCUT2D eigenvalue weighted by Gasteiger charge is 2.18. The molecule has 2 aromatic rings. The van der Waals surface area contributed by atoms with Gasteiger partial charge in [-0.1, -0.05) is 13.8 Å². The predicted molar refractivity (Wildman–Crippen MR) is 78.6 cm³/mol. The summed E-state index contributed by atoms with van der Waals surface area (Å²) in [6.07, 6.45) is 3.84. The number of rotatable bonds is 6. The molecule has 0 radical (unpaired) electrons.